The third kappa shape index (κ3) is 8.40. The van der Waals surface area contributed by atoms with E-state index in [1.807, 2.05) is 0 Å². The average molecular weight is 326 g/mol. The number of hydrogen-bond donors (Lipinski definition) is 0. The molecule has 0 atom stereocenters. The van der Waals surface area contributed by atoms with Gasteiger partial charge in [-0.05, 0) is 0 Å². The molecule has 0 fully saturated rings. The molecule has 0 saturated heterocycles. The van der Waals surface area contributed by atoms with Crippen molar-refractivity contribution in [2.45, 2.75) is 72.6 Å². The van der Waals surface area contributed by atoms with Crippen molar-refractivity contribution in [3.8, 4) is 0 Å². The maximum atomic E-state index is 2.48. The first-order valence-electron chi connectivity index (χ1n) is 5.87. The van der Waals surface area contributed by atoms with Crippen molar-refractivity contribution in [2.24, 2.45) is 0 Å². The minimum absolute atomic E-state index is 0. The van der Waals surface area contributed by atoms with Crippen molar-refractivity contribution in [1.82, 2.24) is 0 Å². The molecular weight excluding hydrogens is 298 g/mol. The molecule has 0 saturated carbocycles. The smallest absolute Gasteiger partial charge is 1.00 e. The van der Waals surface area contributed by atoms with Gasteiger partial charge in [0.1, 0.15) is 0 Å². The average Bonchev–Trinajstić information content (AvgIpc) is 2.02. The molecule has 86 valence electrons. The Bertz CT molecular complexity index is 110. The summed E-state index contributed by atoms with van der Waals surface area (Å²) in [4.78, 5) is 0. The zero-order chi connectivity index (χ0) is 10.3. The van der Waals surface area contributed by atoms with Crippen LogP contribution in [0.2, 0.25) is 12.3 Å². The van der Waals surface area contributed by atoms with E-state index in [9.17, 15) is 0 Å². The summed E-state index contributed by atoms with van der Waals surface area (Å²) in [6.45, 7) is 12.1. The largest absolute Gasteiger partial charge is 1.00 e. The monoisotopic (exact) mass is 326 g/mol. The molecule has 0 heterocycles. The number of halogens is 1. The summed E-state index contributed by atoms with van der Waals surface area (Å²) in [5.41, 5.74) is 0. The zero-order valence-corrected chi connectivity index (χ0v) is 14.2. The third-order valence-corrected chi connectivity index (χ3v) is 14.2. The minimum Gasteiger partial charge on any atom is -1.00 e. The van der Waals surface area contributed by atoms with Gasteiger partial charge in [0.15, 0.2) is 0 Å². The molecule has 0 radical (unpaired) electrons. The van der Waals surface area contributed by atoms with Crippen molar-refractivity contribution in [2.75, 3.05) is 0 Å². The Morgan fingerprint density at radius 1 is 0.857 bits per heavy atom. The Labute approximate surface area is 104 Å². The molecule has 0 rings (SSSR count). The normalized spacial score (nSPS) is 10.9. The van der Waals surface area contributed by atoms with Crippen LogP contribution in [0, 0.1) is 0 Å². The van der Waals surface area contributed by atoms with E-state index < -0.39 is 19.8 Å². The van der Waals surface area contributed by atoms with E-state index in [-0.39, 0.29) is 12.4 Å². The molecule has 0 aromatic rings. The van der Waals surface area contributed by atoms with Crippen LogP contribution in [0.4, 0.5) is 0 Å². The summed E-state index contributed by atoms with van der Waals surface area (Å²) >= 11 is -1.04. The SMILES string of the molecule is CCC[CH2][Sn+]([CH2]CCC)[C](C)(C)C.[Cl-]. The summed E-state index contributed by atoms with van der Waals surface area (Å²) in [6.07, 6.45) is 5.78. The third-order valence-electron chi connectivity index (χ3n) is 2.72. The van der Waals surface area contributed by atoms with Gasteiger partial charge in [-0.25, -0.2) is 0 Å². The zero-order valence-electron chi connectivity index (χ0n) is 10.6. The molecular formula is C12H27ClSn. The van der Waals surface area contributed by atoms with Gasteiger partial charge in [0.25, 0.3) is 0 Å². The van der Waals surface area contributed by atoms with Gasteiger partial charge >= 0.3 is 92.4 Å². The molecule has 0 bridgehead atoms. The van der Waals surface area contributed by atoms with Gasteiger partial charge < -0.3 is 12.4 Å². The quantitative estimate of drug-likeness (QED) is 0.654. The maximum absolute atomic E-state index is 2.48. The van der Waals surface area contributed by atoms with Gasteiger partial charge in [-0.1, -0.05) is 0 Å². The fraction of sp³-hybridized carbons (Fsp3) is 1.00. The van der Waals surface area contributed by atoms with Crippen LogP contribution in [-0.4, -0.2) is 19.8 Å². The fourth-order valence-electron chi connectivity index (χ4n) is 1.66. The van der Waals surface area contributed by atoms with E-state index in [0.29, 0.717) is 3.43 Å². The molecule has 2 heteroatoms. The molecule has 0 N–H and O–H groups in total. The molecule has 0 nitrogen and oxygen atoms in total. The Balaban J connectivity index is 0. The van der Waals surface area contributed by atoms with E-state index >= 15 is 0 Å². The molecule has 0 aliphatic heterocycles. The minimum atomic E-state index is -1.04. The second kappa shape index (κ2) is 9.32. The van der Waals surface area contributed by atoms with Crippen LogP contribution in [-0.2, 0) is 0 Å². The van der Waals surface area contributed by atoms with Crippen LogP contribution < -0.4 is 12.4 Å². The standard InChI is InChI=1S/3C4H9.ClH.Sn/c1-4(2)3;2*1-3-4-2;;/h1-3H3;2*1,3-4H2,2H3;1H;/q;;;;+1/p-1. The van der Waals surface area contributed by atoms with Crippen LogP contribution >= 0.6 is 0 Å². The van der Waals surface area contributed by atoms with Crippen LogP contribution in [0.3, 0.4) is 0 Å². The number of hydrogen-bond acceptors (Lipinski definition) is 0. The topological polar surface area (TPSA) is 0 Å². The second-order valence-electron chi connectivity index (χ2n) is 5.06. The predicted octanol–water partition coefficient (Wildman–Crippen LogP) is 1.89. The van der Waals surface area contributed by atoms with Gasteiger partial charge in [0.05, 0.1) is 0 Å². The number of unbranched alkanes of at least 4 members (excludes halogenated alkanes) is 2. The summed E-state index contributed by atoms with van der Waals surface area (Å²) in [6, 6.07) is 0. The Morgan fingerprint density at radius 3 is 1.43 bits per heavy atom. The van der Waals surface area contributed by atoms with Crippen molar-refractivity contribution in [3.05, 3.63) is 0 Å². The van der Waals surface area contributed by atoms with Crippen LogP contribution in [0.15, 0.2) is 0 Å². The summed E-state index contributed by atoms with van der Waals surface area (Å²) in [5.74, 6) is 0. The van der Waals surface area contributed by atoms with Crippen molar-refractivity contribution >= 4 is 19.8 Å². The summed E-state index contributed by atoms with van der Waals surface area (Å²) in [7, 11) is 0. The van der Waals surface area contributed by atoms with Gasteiger partial charge in [-0.2, -0.15) is 0 Å². The Morgan fingerprint density at radius 2 is 1.21 bits per heavy atom. The predicted molar refractivity (Wildman–Crippen MR) is 64.9 cm³/mol. The molecule has 0 aliphatic rings. The van der Waals surface area contributed by atoms with Crippen LogP contribution in [0.5, 0.6) is 0 Å². The Kier molecular flexibility index (Phi) is 11.6. The fourth-order valence-corrected chi connectivity index (χ4v) is 11.1. The first kappa shape index (κ1) is 17.5. The van der Waals surface area contributed by atoms with Crippen molar-refractivity contribution in [3.63, 3.8) is 0 Å². The van der Waals surface area contributed by atoms with Gasteiger partial charge in [0.2, 0.25) is 0 Å². The first-order valence-corrected chi connectivity index (χ1v) is 11.3. The van der Waals surface area contributed by atoms with E-state index in [2.05, 4.69) is 34.6 Å². The second-order valence-corrected chi connectivity index (χ2v) is 15.6. The molecule has 0 aromatic carbocycles. The van der Waals surface area contributed by atoms with E-state index in [1.165, 1.54) is 25.7 Å². The Hall–Kier alpha value is 1.09. The van der Waals surface area contributed by atoms with E-state index in [0.717, 1.165) is 0 Å². The van der Waals surface area contributed by atoms with Crippen molar-refractivity contribution < 1.29 is 12.4 Å². The van der Waals surface area contributed by atoms with Crippen LogP contribution in [0.1, 0.15) is 60.3 Å². The molecule has 14 heavy (non-hydrogen) atoms. The molecule has 0 amide bonds. The molecule has 0 unspecified atom stereocenters. The number of rotatable bonds is 6. The molecule has 0 aromatic heterocycles. The summed E-state index contributed by atoms with van der Waals surface area (Å²) in [5, 5.41) is 0. The summed E-state index contributed by atoms with van der Waals surface area (Å²) < 4.78 is 3.97. The maximum Gasteiger partial charge on any atom is -1.00 e. The van der Waals surface area contributed by atoms with Gasteiger partial charge in [-0.3, -0.25) is 0 Å². The molecule has 0 aliphatic carbocycles. The van der Waals surface area contributed by atoms with Gasteiger partial charge in [0, 0.05) is 0 Å². The molecule has 0 spiro atoms. The van der Waals surface area contributed by atoms with E-state index in [4.69, 9.17) is 0 Å². The van der Waals surface area contributed by atoms with Crippen LogP contribution in [0.25, 0.3) is 0 Å². The van der Waals surface area contributed by atoms with Crippen molar-refractivity contribution in [1.29, 1.82) is 0 Å². The van der Waals surface area contributed by atoms with E-state index in [1.54, 1.807) is 8.87 Å². The van der Waals surface area contributed by atoms with Gasteiger partial charge in [-0.15, -0.1) is 0 Å². The first-order chi connectivity index (χ1) is 6.02.